The molecule has 0 saturated carbocycles. The molecule has 0 aliphatic carbocycles. The second-order valence-electron chi connectivity index (χ2n) is 5.80. The van der Waals surface area contributed by atoms with Crippen molar-refractivity contribution in [2.45, 2.75) is 26.1 Å². The van der Waals surface area contributed by atoms with Crippen molar-refractivity contribution in [1.29, 1.82) is 0 Å². The lowest BCUT2D eigenvalue weighted by Crippen LogP contribution is -2.13. The highest BCUT2D eigenvalue weighted by Crippen LogP contribution is 2.36. The highest BCUT2D eigenvalue weighted by Gasteiger charge is 2.35. The molecule has 0 fully saturated rings. The maximum absolute atomic E-state index is 12.8. The lowest BCUT2D eigenvalue weighted by molar-refractivity contribution is -0.141. The van der Waals surface area contributed by atoms with Crippen molar-refractivity contribution in [2.75, 3.05) is 6.79 Å². The van der Waals surface area contributed by atoms with Crippen LogP contribution in [0.1, 0.15) is 30.2 Å². The zero-order valence-corrected chi connectivity index (χ0v) is 13.7. The van der Waals surface area contributed by atoms with Crippen LogP contribution >= 0.6 is 0 Å². The van der Waals surface area contributed by atoms with Gasteiger partial charge in [-0.25, -0.2) is 0 Å². The van der Waals surface area contributed by atoms with Gasteiger partial charge in [0.05, 0.1) is 0 Å². The van der Waals surface area contributed by atoms with Crippen LogP contribution in [0.25, 0.3) is 11.5 Å². The zero-order chi connectivity index (χ0) is 18.5. The normalized spacial score (nSPS) is 14.7. The Hall–Kier alpha value is -3.04. The molecular formula is C16H13F3N4O3. The van der Waals surface area contributed by atoms with Crippen molar-refractivity contribution in [3.63, 3.8) is 0 Å². The van der Waals surface area contributed by atoms with E-state index < -0.39 is 17.9 Å². The first kappa shape index (κ1) is 16.4. The summed E-state index contributed by atoms with van der Waals surface area (Å²) >= 11 is 0. The maximum Gasteiger partial charge on any atom is 0.435 e. The molecule has 1 aliphatic rings. The summed E-state index contributed by atoms with van der Waals surface area (Å²) in [7, 11) is 0. The first-order valence-electron chi connectivity index (χ1n) is 7.69. The highest BCUT2D eigenvalue weighted by atomic mass is 19.4. The maximum atomic E-state index is 12.8. The fourth-order valence-electron chi connectivity index (χ4n) is 2.67. The minimum absolute atomic E-state index is 0.144. The molecule has 10 heteroatoms. The molecule has 1 unspecified atom stereocenters. The number of halogens is 3. The molecule has 0 amide bonds. The molecule has 1 aromatic carbocycles. The Morgan fingerprint density at radius 3 is 2.62 bits per heavy atom. The third-order valence-corrected chi connectivity index (χ3v) is 4.00. The van der Waals surface area contributed by atoms with Crippen molar-refractivity contribution in [3.05, 3.63) is 41.5 Å². The van der Waals surface area contributed by atoms with Gasteiger partial charge in [0.15, 0.2) is 17.2 Å². The number of aromatic nitrogens is 4. The number of hydrogen-bond donors (Lipinski definition) is 0. The fourth-order valence-corrected chi connectivity index (χ4v) is 2.67. The van der Waals surface area contributed by atoms with Gasteiger partial charge in [0.1, 0.15) is 6.04 Å². The number of nitrogens with zero attached hydrogens (tertiary/aromatic N) is 4. The molecule has 26 heavy (non-hydrogen) atoms. The summed E-state index contributed by atoms with van der Waals surface area (Å²) in [5.74, 6) is 1.56. The number of hydrogen-bond acceptors (Lipinski definition) is 6. The summed E-state index contributed by atoms with van der Waals surface area (Å²) in [5.41, 5.74) is -0.00150. The summed E-state index contributed by atoms with van der Waals surface area (Å²) in [6.07, 6.45) is -4.51. The van der Waals surface area contributed by atoms with Crippen molar-refractivity contribution in [3.8, 4) is 23.0 Å². The molecule has 0 spiro atoms. The van der Waals surface area contributed by atoms with Gasteiger partial charge in [0.25, 0.3) is 0 Å². The van der Waals surface area contributed by atoms with Crippen molar-refractivity contribution in [2.24, 2.45) is 0 Å². The van der Waals surface area contributed by atoms with Crippen LogP contribution in [-0.2, 0) is 6.18 Å². The molecule has 2 aromatic heterocycles. The Labute approximate surface area is 145 Å². The van der Waals surface area contributed by atoms with E-state index in [2.05, 4.69) is 15.3 Å². The molecule has 4 rings (SSSR count). The molecule has 136 valence electrons. The summed E-state index contributed by atoms with van der Waals surface area (Å²) in [6.45, 7) is 3.32. The summed E-state index contributed by atoms with van der Waals surface area (Å²) in [5, 5.41) is 11.5. The van der Waals surface area contributed by atoms with E-state index in [1.807, 2.05) is 0 Å². The first-order valence-corrected chi connectivity index (χ1v) is 7.69. The highest BCUT2D eigenvalue weighted by molar-refractivity contribution is 5.60. The Balaban J connectivity index is 1.63. The van der Waals surface area contributed by atoms with Crippen LogP contribution < -0.4 is 9.47 Å². The monoisotopic (exact) mass is 366 g/mol. The first-order chi connectivity index (χ1) is 12.3. The topological polar surface area (TPSA) is 75.2 Å². The summed E-state index contributed by atoms with van der Waals surface area (Å²) < 4.78 is 55.9. The molecule has 1 aliphatic heterocycles. The number of ether oxygens (including phenoxy) is 2. The third-order valence-electron chi connectivity index (χ3n) is 4.00. The molecule has 3 heterocycles. The Kier molecular flexibility index (Phi) is 3.63. The summed E-state index contributed by atoms with van der Waals surface area (Å²) in [4.78, 5) is 0. The zero-order valence-electron chi connectivity index (χ0n) is 13.7. The minimum Gasteiger partial charge on any atom is -0.454 e. The van der Waals surface area contributed by atoms with Crippen LogP contribution in [0.2, 0.25) is 0 Å². The van der Waals surface area contributed by atoms with Crippen molar-refractivity contribution < 1.29 is 27.1 Å². The molecule has 0 N–H and O–H groups in total. The van der Waals surface area contributed by atoms with Gasteiger partial charge in [0, 0.05) is 11.3 Å². The average molecular weight is 366 g/mol. The second-order valence-corrected chi connectivity index (χ2v) is 5.80. The quantitative estimate of drug-likeness (QED) is 0.705. The van der Waals surface area contributed by atoms with Gasteiger partial charge in [-0.3, -0.25) is 4.68 Å². The van der Waals surface area contributed by atoms with Gasteiger partial charge in [-0.1, -0.05) is 0 Å². The van der Waals surface area contributed by atoms with E-state index in [0.29, 0.717) is 22.8 Å². The SMILES string of the molecule is Cc1cc(C(F)(F)F)nn1C(C)c1nnc(-c2ccc3c(c2)OCO3)o1. The summed E-state index contributed by atoms with van der Waals surface area (Å²) in [6, 6.07) is 5.48. The van der Waals surface area contributed by atoms with Crippen LogP contribution in [0.5, 0.6) is 11.5 Å². The average Bonchev–Trinajstić information content (AvgIpc) is 3.31. The molecule has 1 atom stereocenters. The van der Waals surface area contributed by atoms with Gasteiger partial charge >= 0.3 is 6.18 Å². The van der Waals surface area contributed by atoms with Gasteiger partial charge in [0.2, 0.25) is 18.6 Å². The van der Waals surface area contributed by atoms with Crippen LogP contribution in [0, 0.1) is 6.92 Å². The molecule has 0 radical (unpaired) electrons. The lowest BCUT2D eigenvalue weighted by Gasteiger charge is -2.10. The molecular weight excluding hydrogens is 353 g/mol. The third kappa shape index (κ3) is 2.76. The molecule has 3 aromatic rings. The number of fused-ring (bicyclic) bond motifs is 1. The van der Waals surface area contributed by atoms with E-state index in [-0.39, 0.29) is 18.6 Å². The number of rotatable bonds is 3. The molecule has 7 nitrogen and oxygen atoms in total. The largest absolute Gasteiger partial charge is 0.454 e. The van der Waals surface area contributed by atoms with E-state index in [0.717, 1.165) is 6.07 Å². The van der Waals surface area contributed by atoms with E-state index in [1.165, 1.54) is 11.6 Å². The van der Waals surface area contributed by atoms with Crippen molar-refractivity contribution in [1.82, 2.24) is 20.0 Å². The molecule has 0 bridgehead atoms. The van der Waals surface area contributed by atoms with Crippen LogP contribution in [0.3, 0.4) is 0 Å². The van der Waals surface area contributed by atoms with Crippen LogP contribution in [-0.4, -0.2) is 26.8 Å². The van der Waals surface area contributed by atoms with E-state index in [1.54, 1.807) is 25.1 Å². The number of aryl methyl sites for hydroxylation is 1. The Morgan fingerprint density at radius 1 is 1.12 bits per heavy atom. The van der Waals surface area contributed by atoms with Crippen molar-refractivity contribution >= 4 is 0 Å². The predicted molar refractivity (Wildman–Crippen MR) is 81.6 cm³/mol. The predicted octanol–water partition coefficient (Wildman–Crippen LogP) is 3.60. The van der Waals surface area contributed by atoms with Crippen LogP contribution in [0.4, 0.5) is 13.2 Å². The van der Waals surface area contributed by atoms with E-state index in [4.69, 9.17) is 13.9 Å². The Morgan fingerprint density at radius 2 is 1.88 bits per heavy atom. The van der Waals surface area contributed by atoms with E-state index in [9.17, 15) is 13.2 Å². The van der Waals surface area contributed by atoms with Gasteiger partial charge in [-0.05, 0) is 38.1 Å². The fraction of sp³-hybridized carbons (Fsp3) is 0.312. The number of benzene rings is 1. The minimum atomic E-state index is -4.51. The lowest BCUT2D eigenvalue weighted by atomic mass is 10.2. The Bertz CT molecular complexity index is 964. The van der Waals surface area contributed by atoms with Gasteiger partial charge in [-0.15, -0.1) is 10.2 Å². The second kappa shape index (κ2) is 5.75. The smallest absolute Gasteiger partial charge is 0.435 e. The van der Waals surface area contributed by atoms with Gasteiger partial charge in [-0.2, -0.15) is 18.3 Å². The van der Waals surface area contributed by atoms with E-state index >= 15 is 0 Å². The number of alkyl halides is 3. The van der Waals surface area contributed by atoms with Crippen LogP contribution in [0.15, 0.2) is 28.7 Å². The standard InChI is InChI=1S/C16H13F3N4O3/c1-8-5-13(16(17,18)19)22-23(8)9(2)14-20-21-15(26-14)10-3-4-11-12(6-10)25-7-24-11/h3-6,9H,7H2,1-2H3. The molecule has 0 saturated heterocycles. The van der Waals surface area contributed by atoms with Gasteiger partial charge < -0.3 is 13.9 Å².